The minimum absolute atomic E-state index is 0.343. The summed E-state index contributed by atoms with van der Waals surface area (Å²) in [6, 6.07) is 0. The van der Waals surface area contributed by atoms with Crippen LogP contribution in [0.1, 0.15) is 32.1 Å². The van der Waals surface area contributed by atoms with E-state index in [0.717, 1.165) is 38.5 Å². The van der Waals surface area contributed by atoms with Gasteiger partial charge in [0.1, 0.15) is 0 Å². The van der Waals surface area contributed by atoms with Crippen LogP contribution in [0.3, 0.4) is 0 Å². The van der Waals surface area contributed by atoms with Gasteiger partial charge >= 0.3 is 0 Å². The van der Waals surface area contributed by atoms with E-state index >= 15 is 0 Å². The van der Waals surface area contributed by atoms with Gasteiger partial charge in [-0.3, -0.25) is 0 Å². The fourth-order valence-corrected chi connectivity index (χ4v) is 4.28. The van der Waals surface area contributed by atoms with Crippen LogP contribution in [0, 0.1) is 5.92 Å². The summed E-state index contributed by atoms with van der Waals surface area (Å²) in [6.45, 7) is 4.78. The number of rotatable bonds is 5. The molecule has 0 radical (unpaired) electrons. The monoisotopic (exact) mass is 274 g/mol. The molecular weight excluding hydrogens is 248 g/mol. The topological polar surface area (TPSA) is 49.4 Å². The molecule has 18 heavy (non-hydrogen) atoms. The third kappa shape index (κ3) is 4.86. The van der Waals surface area contributed by atoms with E-state index in [4.69, 9.17) is 0 Å². The van der Waals surface area contributed by atoms with Gasteiger partial charge < -0.3 is 10.2 Å². The van der Waals surface area contributed by atoms with Crippen molar-refractivity contribution in [2.75, 3.05) is 44.2 Å². The summed E-state index contributed by atoms with van der Waals surface area (Å²) < 4.78 is 23.0. The van der Waals surface area contributed by atoms with Crippen LogP contribution in [0.4, 0.5) is 0 Å². The average molecular weight is 274 g/mol. The van der Waals surface area contributed by atoms with E-state index in [1.54, 1.807) is 0 Å². The van der Waals surface area contributed by atoms with E-state index in [1.165, 1.54) is 25.7 Å². The highest BCUT2D eigenvalue weighted by atomic mass is 32.2. The third-order valence-corrected chi connectivity index (χ3v) is 5.88. The zero-order valence-electron chi connectivity index (χ0n) is 11.2. The lowest BCUT2D eigenvalue weighted by Gasteiger charge is -2.20. The van der Waals surface area contributed by atoms with Gasteiger partial charge in [0.2, 0.25) is 0 Å². The number of sulfone groups is 1. The van der Waals surface area contributed by atoms with Crippen molar-refractivity contribution in [3.8, 4) is 0 Å². The molecule has 0 amide bonds. The standard InChI is InChI=1S/C13H26N2O2S/c16-18(17)10-3-7-15(9-11-18)8-6-14-12-13-4-1-2-5-13/h13-14H,1-12H2. The highest BCUT2D eigenvalue weighted by Gasteiger charge is 2.19. The molecule has 2 aliphatic rings. The molecule has 1 N–H and O–H groups in total. The molecule has 0 aromatic heterocycles. The van der Waals surface area contributed by atoms with Crippen LogP contribution in [0.15, 0.2) is 0 Å². The van der Waals surface area contributed by atoms with E-state index < -0.39 is 9.84 Å². The molecule has 0 aromatic rings. The van der Waals surface area contributed by atoms with Gasteiger partial charge in [0, 0.05) is 19.6 Å². The van der Waals surface area contributed by atoms with E-state index in [2.05, 4.69) is 10.2 Å². The van der Waals surface area contributed by atoms with Crippen LogP contribution in [0.2, 0.25) is 0 Å². The largest absolute Gasteiger partial charge is 0.315 e. The Morgan fingerprint density at radius 2 is 1.83 bits per heavy atom. The second-order valence-corrected chi connectivity index (χ2v) is 8.01. The van der Waals surface area contributed by atoms with Crippen molar-refractivity contribution < 1.29 is 8.42 Å². The maximum absolute atomic E-state index is 11.5. The molecule has 0 aromatic carbocycles. The molecule has 2 fully saturated rings. The van der Waals surface area contributed by atoms with Gasteiger partial charge in [-0.25, -0.2) is 8.42 Å². The Morgan fingerprint density at radius 1 is 1.06 bits per heavy atom. The Labute approximate surface area is 111 Å². The van der Waals surface area contributed by atoms with E-state index in [9.17, 15) is 8.42 Å². The second kappa shape index (κ2) is 6.87. The lowest BCUT2D eigenvalue weighted by Crippen LogP contribution is -2.35. The van der Waals surface area contributed by atoms with Gasteiger partial charge in [0.25, 0.3) is 0 Å². The summed E-state index contributed by atoms with van der Waals surface area (Å²) in [5, 5.41) is 3.52. The Balaban J connectivity index is 1.58. The molecule has 1 aliphatic heterocycles. The molecule has 2 rings (SSSR count). The van der Waals surface area contributed by atoms with Crippen LogP contribution < -0.4 is 5.32 Å². The normalized spacial score (nSPS) is 26.2. The number of nitrogens with zero attached hydrogens (tertiary/aromatic N) is 1. The summed E-state index contributed by atoms with van der Waals surface area (Å²) in [5.74, 6) is 1.60. The molecule has 0 unspecified atom stereocenters. The molecule has 1 saturated heterocycles. The Morgan fingerprint density at radius 3 is 2.61 bits per heavy atom. The van der Waals surface area contributed by atoms with Gasteiger partial charge in [0.15, 0.2) is 9.84 Å². The van der Waals surface area contributed by atoms with E-state index in [0.29, 0.717) is 18.1 Å². The summed E-state index contributed by atoms with van der Waals surface area (Å²) in [6.07, 6.45) is 6.36. The maximum Gasteiger partial charge on any atom is 0.151 e. The minimum Gasteiger partial charge on any atom is -0.315 e. The Hall–Kier alpha value is -0.130. The van der Waals surface area contributed by atoms with Crippen molar-refractivity contribution in [1.82, 2.24) is 10.2 Å². The third-order valence-electron chi connectivity index (χ3n) is 4.16. The SMILES string of the molecule is O=S1(=O)CCCN(CCNCC2CCCC2)CC1. The molecule has 0 atom stereocenters. The quantitative estimate of drug-likeness (QED) is 0.756. The van der Waals surface area contributed by atoms with Crippen LogP contribution in [0.5, 0.6) is 0 Å². The number of nitrogens with one attached hydrogen (secondary N) is 1. The number of hydrogen-bond acceptors (Lipinski definition) is 4. The van der Waals surface area contributed by atoms with Crippen molar-refractivity contribution in [2.45, 2.75) is 32.1 Å². The summed E-state index contributed by atoms with van der Waals surface area (Å²) >= 11 is 0. The van der Waals surface area contributed by atoms with Crippen LogP contribution in [-0.2, 0) is 9.84 Å². The summed E-state index contributed by atoms with van der Waals surface area (Å²) in [5.41, 5.74) is 0. The van der Waals surface area contributed by atoms with Crippen molar-refractivity contribution in [2.24, 2.45) is 5.92 Å². The van der Waals surface area contributed by atoms with E-state index in [1.807, 2.05) is 0 Å². The summed E-state index contributed by atoms with van der Waals surface area (Å²) in [4.78, 5) is 2.28. The molecule has 0 spiro atoms. The van der Waals surface area contributed by atoms with Gasteiger partial charge in [-0.2, -0.15) is 0 Å². The lowest BCUT2D eigenvalue weighted by atomic mass is 10.1. The molecule has 4 nitrogen and oxygen atoms in total. The van der Waals surface area contributed by atoms with Crippen LogP contribution in [0.25, 0.3) is 0 Å². The highest BCUT2D eigenvalue weighted by molar-refractivity contribution is 7.91. The first kappa shape index (κ1) is 14.3. The Bertz CT molecular complexity index is 337. The van der Waals surface area contributed by atoms with Crippen LogP contribution >= 0.6 is 0 Å². The fourth-order valence-electron chi connectivity index (χ4n) is 2.97. The predicted molar refractivity (Wildman–Crippen MR) is 74.5 cm³/mol. The van der Waals surface area contributed by atoms with Gasteiger partial charge in [-0.15, -0.1) is 0 Å². The van der Waals surface area contributed by atoms with Crippen LogP contribution in [-0.4, -0.2) is 57.5 Å². The maximum atomic E-state index is 11.5. The average Bonchev–Trinajstić information content (AvgIpc) is 2.77. The van der Waals surface area contributed by atoms with E-state index in [-0.39, 0.29) is 0 Å². The summed E-state index contributed by atoms with van der Waals surface area (Å²) in [7, 11) is -2.76. The molecule has 0 bridgehead atoms. The smallest absolute Gasteiger partial charge is 0.151 e. The molecular formula is C13H26N2O2S. The highest BCUT2D eigenvalue weighted by Crippen LogP contribution is 2.23. The molecule has 5 heteroatoms. The zero-order chi connectivity index (χ0) is 12.8. The predicted octanol–water partition coefficient (Wildman–Crippen LogP) is 0.887. The van der Waals surface area contributed by atoms with Gasteiger partial charge in [-0.1, -0.05) is 12.8 Å². The molecule has 106 valence electrons. The molecule has 1 aliphatic carbocycles. The van der Waals surface area contributed by atoms with Crippen molar-refractivity contribution in [1.29, 1.82) is 0 Å². The van der Waals surface area contributed by atoms with Crippen molar-refractivity contribution in [3.05, 3.63) is 0 Å². The zero-order valence-corrected chi connectivity index (χ0v) is 12.1. The van der Waals surface area contributed by atoms with Gasteiger partial charge in [0.05, 0.1) is 11.5 Å². The van der Waals surface area contributed by atoms with Gasteiger partial charge in [-0.05, 0) is 38.3 Å². The first-order valence-electron chi connectivity index (χ1n) is 7.29. The first-order valence-corrected chi connectivity index (χ1v) is 9.11. The first-order chi connectivity index (χ1) is 8.66. The molecule has 1 saturated carbocycles. The second-order valence-electron chi connectivity index (χ2n) is 5.70. The lowest BCUT2D eigenvalue weighted by molar-refractivity contribution is 0.291. The molecule has 1 heterocycles. The number of hydrogen-bond donors (Lipinski definition) is 1. The van der Waals surface area contributed by atoms with Crippen molar-refractivity contribution >= 4 is 9.84 Å². The minimum atomic E-state index is -2.76. The fraction of sp³-hybridized carbons (Fsp3) is 1.00. The van der Waals surface area contributed by atoms with Crippen molar-refractivity contribution in [3.63, 3.8) is 0 Å². The Kier molecular flexibility index (Phi) is 5.45.